The van der Waals surface area contributed by atoms with Crippen LogP contribution in [0.5, 0.6) is 0 Å². The van der Waals surface area contributed by atoms with Crippen molar-refractivity contribution in [3.63, 3.8) is 0 Å². The zero-order valence-electron chi connectivity index (χ0n) is 16.8. The van der Waals surface area contributed by atoms with Gasteiger partial charge in [0.1, 0.15) is 6.54 Å². The van der Waals surface area contributed by atoms with E-state index in [4.69, 9.17) is 23.2 Å². The average Bonchev–Trinajstić information content (AvgIpc) is 2.64. The van der Waals surface area contributed by atoms with Crippen molar-refractivity contribution >= 4 is 56.4 Å². The van der Waals surface area contributed by atoms with Crippen molar-refractivity contribution in [1.82, 2.24) is 4.90 Å². The van der Waals surface area contributed by atoms with Crippen LogP contribution in [0.2, 0.25) is 10.0 Å². The highest BCUT2D eigenvalue weighted by atomic mass is 35.5. The van der Waals surface area contributed by atoms with Crippen molar-refractivity contribution in [1.29, 1.82) is 0 Å². The molecule has 0 aromatic heterocycles. The normalized spacial score (nSPS) is 11.1. The summed E-state index contributed by atoms with van der Waals surface area (Å²) < 4.78 is 25.5. The van der Waals surface area contributed by atoms with Gasteiger partial charge in [-0.3, -0.25) is 14.3 Å². The van der Waals surface area contributed by atoms with Crippen LogP contribution in [0.25, 0.3) is 0 Å². The van der Waals surface area contributed by atoms with E-state index < -0.39 is 15.9 Å². The second-order valence-electron chi connectivity index (χ2n) is 6.80. The molecule has 0 aliphatic rings. The quantitative estimate of drug-likeness (QED) is 0.603. The molecule has 0 aliphatic carbocycles. The lowest BCUT2D eigenvalue weighted by Crippen LogP contribution is -2.38. The van der Waals surface area contributed by atoms with Crippen molar-refractivity contribution < 1.29 is 18.0 Å². The maximum atomic E-state index is 13.0. The van der Waals surface area contributed by atoms with Crippen LogP contribution in [-0.2, 0) is 14.8 Å². The molecule has 0 radical (unpaired) electrons. The van der Waals surface area contributed by atoms with Gasteiger partial charge in [0.25, 0.3) is 5.91 Å². The molecule has 2 rings (SSSR count). The van der Waals surface area contributed by atoms with Crippen LogP contribution in [0, 0.1) is 6.92 Å². The molecule has 0 spiro atoms. The minimum atomic E-state index is -3.50. The second kappa shape index (κ2) is 10.1. The summed E-state index contributed by atoms with van der Waals surface area (Å²) in [5, 5.41) is 3.41. The molecule has 10 heteroatoms. The molecule has 162 valence electrons. The molecule has 30 heavy (non-hydrogen) atoms. The van der Waals surface area contributed by atoms with Crippen LogP contribution < -0.4 is 10.0 Å². The molecule has 0 atom stereocenters. The molecule has 2 aromatic rings. The largest absolute Gasteiger partial charge is 0.329 e. The maximum absolute atomic E-state index is 13.0. The standard InChI is InChI=1S/C20H23Cl2N3O4S/c1-4-9-25(12-19(26)23-18-11-15(21)7-8-16(18)22)20(27)14-6-5-13(2)17(10-14)24-30(3,28)29/h5-8,10-11,24H,4,9,12H2,1-3H3,(H,23,26). The number of rotatable bonds is 8. The molecular weight excluding hydrogens is 449 g/mol. The number of anilines is 2. The average molecular weight is 472 g/mol. The first-order valence-corrected chi connectivity index (χ1v) is 11.8. The highest BCUT2D eigenvalue weighted by Crippen LogP contribution is 2.25. The first-order valence-electron chi connectivity index (χ1n) is 9.12. The molecule has 0 heterocycles. The van der Waals surface area contributed by atoms with Gasteiger partial charge >= 0.3 is 0 Å². The SMILES string of the molecule is CCCN(CC(=O)Nc1cc(Cl)ccc1Cl)C(=O)c1ccc(C)c(NS(C)(=O)=O)c1. The lowest BCUT2D eigenvalue weighted by Gasteiger charge is -2.22. The number of hydrogen-bond donors (Lipinski definition) is 2. The van der Waals surface area contributed by atoms with E-state index in [1.54, 1.807) is 31.2 Å². The van der Waals surface area contributed by atoms with Crippen molar-refractivity contribution in [3.8, 4) is 0 Å². The molecule has 0 aliphatic heterocycles. The summed E-state index contributed by atoms with van der Waals surface area (Å²) in [5.41, 5.74) is 1.61. The van der Waals surface area contributed by atoms with Crippen LogP contribution in [0.15, 0.2) is 36.4 Å². The summed E-state index contributed by atoms with van der Waals surface area (Å²) in [6, 6.07) is 9.41. The van der Waals surface area contributed by atoms with E-state index in [-0.39, 0.29) is 18.0 Å². The van der Waals surface area contributed by atoms with Crippen LogP contribution in [-0.4, -0.2) is 44.5 Å². The van der Waals surface area contributed by atoms with Crippen molar-refractivity contribution in [2.24, 2.45) is 0 Å². The Morgan fingerprint density at radius 1 is 1.07 bits per heavy atom. The van der Waals surface area contributed by atoms with Gasteiger partial charge in [-0.15, -0.1) is 0 Å². The summed E-state index contributed by atoms with van der Waals surface area (Å²) in [6.07, 6.45) is 1.67. The van der Waals surface area contributed by atoms with Crippen LogP contribution >= 0.6 is 23.2 Å². The van der Waals surface area contributed by atoms with Gasteiger partial charge < -0.3 is 10.2 Å². The number of sulfonamides is 1. The van der Waals surface area contributed by atoms with E-state index in [0.29, 0.717) is 39.9 Å². The minimum absolute atomic E-state index is 0.196. The van der Waals surface area contributed by atoms with Gasteiger partial charge in [0.05, 0.1) is 22.7 Å². The molecule has 7 nitrogen and oxygen atoms in total. The lowest BCUT2D eigenvalue weighted by atomic mass is 10.1. The third-order valence-corrected chi connectivity index (χ3v) is 5.25. The van der Waals surface area contributed by atoms with E-state index in [1.807, 2.05) is 6.92 Å². The zero-order valence-corrected chi connectivity index (χ0v) is 19.2. The Labute approximate surface area is 186 Å². The summed E-state index contributed by atoms with van der Waals surface area (Å²) >= 11 is 12.0. The number of aryl methyl sites for hydroxylation is 1. The van der Waals surface area contributed by atoms with Gasteiger partial charge in [0.15, 0.2) is 0 Å². The van der Waals surface area contributed by atoms with Gasteiger partial charge in [0.2, 0.25) is 15.9 Å². The van der Waals surface area contributed by atoms with Crippen molar-refractivity contribution in [3.05, 3.63) is 57.6 Å². The van der Waals surface area contributed by atoms with Crippen LogP contribution in [0.3, 0.4) is 0 Å². The number of nitrogens with one attached hydrogen (secondary N) is 2. The highest BCUT2D eigenvalue weighted by molar-refractivity contribution is 7.92. The molecular formula is C20H23Cl2N3O4S. The number of halogens is 2. The predicted molar refractivity (Wildman–Crippen MR) is 121 cm³/mol. The minimum Gasteiger partial charge on any atom is -0.329 e. The van der Waals surface area contributed by atoms with Gasteiger partial charge in [-0.2, -0.15) is 0 Å². The summed E-state index contributed by atoms with van der Waals surface area (Å²) in [7, 11) is -3.50. The van der Waals surface area contributed by atoms with Crippen molar-refractivity contribution in [2.75, 3.05) is 29.4 Å². The fourth-order valence-corrected chi connectivity index (χ4v) is 3.68. The summed E-state index contributed by atoms with van der Waals surface area (Å²) in [6.45, 7) is 3.77. The first-order chi connectivity index (χ1) is 14.0. The molecule has 2 N–H and O–H groups in total. The Morgan fingerprint density at radius 2 is 1.77 bits per heavy atom. The number of amides is 2. The fourth-order valence-electron chi connectivity index (χ4n) is 2.73. The van der Waals surface area contributed by atoms with E-state index in [1.165, 1.54) is 17.0 Å². The van der Waals surface area contributed by atoms with Crippen LogP contribution in [0.1, 0.15) is 29.3 Å². The molecule has 0 bridgehead atoms. The Hall–Kier alpha value is -2.29. The molecule has 0 fully saturated rings. The first kappa shape index (κ1) is 24.0. The molecule has 2 aromatic carbocycles. The smallest absolute Gasteiger partial charge is 0.254 e. The second-order valence-corrected chi connectivity index (χ2v) is 9.40. The van der Waals surface area contributed by atoms with Crippen molar-refractivity contribution in [2.45, 2.75) is 20.3 Å². The van der Waals surface area contributed by atoms with Crippen LogP contribution in [0.4, 0.5) is 11.4 Å². The monoisotopic (exact) mass is 471 g/mol. The Bertz CT molecular complexity index is 1060. The molecule has 0 saturated heterocycles. The topological polar surface area (TPSA) is 95.6 Å². The summed E-state index contributed by atoms with van der Waals surface area (Å²) in [5.74, 6) is -0.816. The Morgan fingerprint density at radius 3 is 2.40 bits per heavy atom. The summed E-state index contributed by atoms with van der Waals surface area (Å²) in [4.78, 5) is 26.9. The zero-order chi connectivity index (χ0) is 22.5. The van der Waals surface area contributed by atoms with E-state index >= 15 is 0 Å². The number of hydrogen-bond acceptors (Lipinski definition) is 4. The van der Waals surface area contributed by atoms with E-state index in [0.717, 1.165) is 6.26 Å². The Balaban J connectivity index is 2.21. The Kier molecular flexibility index (Phi) is 8.11. The molecule has 2 amide bonds. The lowest BCUT2D eigenvalue weighted by molar-refractivity contribution is -0.116. The van der Waals surface area contributed by atoms with Gasteiger partial charge in [-0.1, -0.05) is 36.2 Å². The third-order valence-electron chi connectivity index (χ3n) is 4.10. The number of benzene rings is 2. The number of carbonyl (C=O) groups excluding carboxylic acids is 2. The van der Waals surface area contributed by atoms with Gasteiger partial charge in [-0.25, -0.2) is 8.42 Å². The van der Waals surface area contributed by atoms with E-state index in [2.05, 4.69) is 10.0 Å². The number of carbonyl (C=O) groups is 2. The third kappa shape index (κ3) is 6.90. The maximum Gasteiger partial charge on any atom is 0.254 e. The highest BCUT2D eigenvalue weighted by Gasteiger charge is 2.20. The number of nitrogens with zero attached hydrogens (tertiary/aromatic N) is 1. The fraction of sp³-hybridized carbons (Fsp3) is 0.300. The van der Waals surface area contributed by atoms with E-state index in [9.17, 15) is 18.0 Å². The van der Waals surface area contributed by atoms with Gasteiger partial charge in [-0.05, 0) is 49.2 Å². The molecule has 0 saturated carbocycles. The predicted octanol–water partition coefficient (Wildman–Crippen LogP) is 4.16. The van der Waals surface area contributed by atoms with Gasteiger partial charge in [0, 0.05) is 17.1 Å². The molecule has 0 unspecified atom stereocenters.